The molecule has 0 aliphatic carbocycles. The SMILES string of the molecule is Nc1ccc(-c2nc(N3CCOCC3)c3cc(-c4cccc(C(F)CCNS(=O)O)c4F)cc(N4CCOCC4)c3n2)cn1. The van der Waals surface area contributed by atoms with Crippen LogP contribution in [0.3, 0.4) is 0 Å². The van der Waals surface area contributed by atoms with E-state index in [9.17, 15) is 4.21 Å². The molecule has 4 aromatic rings. The van der Waals surface area contributed by atoms with E-state index in [4.69, 9.17) is 29.7 Å². The summed E-state index contributed by atoms with van der Waals surface area (Å²) in [5.74, 6) is 0.876. The van der Waals surface area contributed by atoms with Crippen molar-refractivity contribution in [3.63, 3.8) is 0 Å². The second-order valence-corrected chi connectivity index (χ2v) is 11.3. The monoisotopic (exact) mass is 625 g/mol. The van der Waals surface area contributed by atoms with Crippen molar-refractivity contribution in [1.82, 2.24) is 19.7 Å². The molecule has 4 heterocycles. The van der Waals surface area contributed by atoms with Crippen LogP contribution in [0.1, 0.15) is 18.2 Å². The summed E-state index contributed by atoms with van der Waals surface area (Å²) in [7, 11) is 0. The topological polar surface area (TPSA) is 139 Å². The van der Waals surface area contributed by atoms with Gasteiger partial charge in [-0.1, -0.05) is 18.2 Å². The highest BCUT2D eigenvalue weighted by Gasteiger charge is 2.25. The van der Waals surface area contributed by atoms with E-state index in [1.54, 1.807) is 24.4 Å². The zero-order valence-electron chi connectivity index (χ0n) is 23.9. The molecule has 2 aliphatic rings. The highest BCUT2D eigenvalue weighted by Crippen LogP contribution is 2.40. The van der Waals surface area contributed by atoms with Crippen molar-refractivity contribution >= 4 is 39.5 Å². The number of benzene rings is 2. The summed E-state index contributed by atoms with van der Waals surface area (Å²) in [6.45, 7) is 4.50. The van der Waals surface area contributed by atoms with Gasteiger partial charge in [-0.05, 0) is 36.2 Å². The molecule has 0 bridgehead atoms. The molecule has 44 heavy (non-hydrogen) atoms. The molecule has 0 radical (unpaired) electrons. The molecular formula is C30H33F2N7O4S. The van der Waals surface area contributed by atoms with E-state index in [-0.39, 0.29) is 24.1 Å². The van der Waals surface area contributed by atoms with Crippen LogP contribution in [0.5, 0.6) is 0 Å². The third-order valence-corrected chi connectivity index (χ3v) is 8.22. The Balaban J connectivity index is 1.53. The lowest BCUT2D eigenvalue weighted by Gasteiger charge is -2.32. The van der Waals surface area contributed by atoms with Crippen molar-refractivity contribution in [2.24, 2.45) is 0 Å². The fourth-order valence-corrected chi connectivity index (χ4v) is 5.82. The molecule has 0 saturated carbocycles. The Bertz CT molecular complexity index is 1650. The number of morpholine rings is 2. The first-order valence-corrected chi connectivity index (χ1v) is 15.5. The molecule has 4 N–H and O–H groups in total. The summed E-state index contributed by atoms with van der Waals surface area (Å²) in [6.07, 6.45) is -0.195. The summed E-state index contributed by atoms with van der Waals surface area (Å²) in [5, 5.41) is 0.731. The highest BCUT2D eigenvalue weighted by atomic mass is 32.2. The normalized spacial score (nSPS) is 17.2. The quantitative estimate of drug-likeness (QED) is 0.235. The van der Waals surface area contributed by atoms with Gasteiger partial charge in [0.15, 0.2) is 5.82 Å². The zero-order chi connectivity index (χ0) is 30.6. The summed E-state index contributed by atoms with van der Waals surface area (Å²) in [6, 6.07) is 11.9. The minimum absolute atomic E-state index is 0.0861. The summed E-state index contributed by atoms with van der Waals surface area (Å²) in [5.41, 5.74) is 8.71. The van der Waals surface area contributed by atoms with Crippen molar-refractivity contribution in [2.75, 3.05) is 74.7 Å². The number of hydrogen-bond donors (Lipinski definition) is 3. The van der Waals surface area contributed by atoms with E-state index in [0.717, 1.165) is 11.1 Å². The molecule has 2 aromatic carbocycles. The molecule has 2 atom stereocenters. The Morgan fingerprint density at radius 3 is 2.41 bits per heavy atom. The van der Waals surface area contributed by atoms with E-state index < -0.39 is 23.3 Å². The maximum absolute atomic E-state index is 16.1. The minimum atomic E-state index is -2.27. The number of aromatic nitrogens is 3. The number of pyridine rings is 1. The number of alkyl halides is 1. The van der Waals surface area contributed by atoms with E-state index in [1.807, 2.05) is 18.2 Å². The fourth-order valence-electron chi connectivity index (χ4n) is 5.53. The standard InChI is InChI=1S/C30H33F2N7O4S/c31-24(6-7-35-44(40)41)22-3-1-2-21(27(22)32)20-16-23-28(25(17-20)38-8-12-42-13-9-38)36-29(19-4-5-26(33)34-18-19)37-30(23)39-10-14-43-15-11-39/h1-5,16-18,24,35H,6-15H2,(H2,33,34)(H,40,41). The van der Waals surface area contributed by atoms with Crippen LogP contribution < -0.4 is 20.3 Å². The Kier molecular flexibility index (Phi) is 9.23. The number of nitrogens with zero attached hydrogens (tertiary/aromatic N) is 5. The van der Waals surface area contributed by atoms with Gasteiger partial charge in [0.2, 0.25) is 11.3 Å². The highest BCUT2D eigenvalue weighted by molar-refractivity contribution is 7.77. The lowest BCUT2D eigenvalue weighted by Crippen LogP contribution is -2.37. The van der Waals surface area contributed by atoms with Gasteiger partial charge in [-0.15, -0.1) is 0 Å². The van der Waals surface area contributed by atoms with Crippen LogP contribution in [-0.2, 0) is 20.7 Å². The molecule has 2 aromatic heterocycles. The van der Waals surface area contributed by atoms with E-state index in [2.05, 4.69) is 19.5 Å². The predicted molar refractivity (Wildman–Crippen MR) is 166 cm³/mol. The molecule has 2 fully saturated rings. The van der Waals surface area contributed by atoms with Crippen LogP contribution in [0.4, 0.5) is 26.1 Å². The Morgan fingerprint density at radius 2 is 1.73 bits per heavy atom. The van der Waals surface area contributed by atoms with E-state index in [1.165, 1.54) is 6.07 Å². The third kappa shape index (κ3) is 6.49. The lowest BCUT2D eigenvalue weighted by atomic mass is 9.96. The van der Waals surface area contributed by atoms with Gasteiger partial charge < -0.3 is 25.0 Å². The molecule has 6 rings (SSSR count). The molecule has 2 unspecified atom stereocenters. The molecule has 2 saturated heterocycles. The number of nitrogen functional groups attached to an aromatic ring is 1. The summed E-state index contributed by atoms with van der Waals surface area (Å²) >= 11 is -2.27. The van der Waals surface area contributed by atoms with Crippen LogP contribution in [0.15, 0.2) is 48.7 Å². The first kappa shape index (κ1) is 30.2. The molecule has 11 nitrogen and oxygen atoms in total. The Labute approximate surface area is 255 Å². The van der Waals surface area contributed by atoms with Crippen LogP contribution in [0.2, 0.25) is 0 Å². The van der Waals surface area contributed by atoms with Gasteiger partial charge in [0.05, 0.1) is 37.6 Å². The number of nitrogens with one attached hydrogen (secondary N) is 1. The number of fused-ring (bicyclic) bond motifs is 1. The molecule has 0 spiro atoms. The van der Waals surface area contributed by atoms with Gasteiger partial charge in [0.25, 0.3) is 0 Å². The lowest BCUT2D eigenvalue weighted by molar-refractivity contribution is 0.122. The third-order valence-electron chi connectivity index (χ3n) is 7.77. The average molecular weight is 626 g/mol. The van der Waals surface area contributed by atoms with Crippen LogP contribution in [-0.4, -0.2) is 82.9 Å². The van der Waals surface area contributed by atoms with Crippen LogP contribution in [0, 0.1) is 5.82 Å². The van der Waals surface area contributed by atoms with Crippen LogP contribution in [0.25, 0.3) is 33.4 Å². The second-order valence-electron chi connectivity index (χ2n) is 10.5. The maximum Gasteiger partial charge on any atom is 0.231 e. The molecule has 232 valence electrons. The van der Waals surface area contributed by atoms with Gasteiger partial charge >= 0.3 is 0 Å². The number of nitrogens with two attached hydrogens (primary N) is 1. The maximum atomic E-state index is 16.1. The van der Waals surface area contributed by atoms with Crippen molar-refractivity contribution < 1.29 is 27.0 Å². The first-order chi connectivity index (χ1) is 21.4. The number of ether oxygens (including phenoxy) is 2. The minimum Gasteiger partial charge on any atom is -0.384 e. The summed E-state index contributed by atoms with van der Waals surface area (Å²) in [4.78, 5) is 18.5. The van der Waals surface area contributed by atoms with Gasteiger partial charge in [-0.25, -0.2) is 32.7 Å². The van der Waals surface area contributed by atoms with E-state index >= 15 is 8.78 Å². The molecular weight excluding hydrogens is 592 g/mol. The van der Waals surface area contributed by atoms with Crippen molar-refractivity contribution in [2.45, 2.75) is 12.6 Å². The van der Waals surface area contributed by atoms with Crippen molar-refractivity contribution in [3.8, 4) is 22.5 Å². The first-order valence-electron chi connectivity index (χ1n) is 14.4. The molecule has 14 heteroatoms. The van der Waals surface area contributed by atoms with E-state index in [0.29, 0.717) is 86.7 Å². The zero-order valence-corrected chi connectivity index (χ0v) is 24.7. The fraction of sp³-hybridized carbons (Fsp3) is 0.367. The van der Waals surface area contributed by atoms with Crippen molar-refractivity contribution in [3.05, 3.63) is 60.0 Å². The Morgan fingerprint density at radius 1 is 1.00 bits per heavy atom. The van der Waals surface area contributed by atoms with Crippen molar-refractivity contribution in [1.29, 1.82) is 0 Å². The van der Waals surface area contributed by atoms with Gasteiger partial charge in [0, 0.05) is 61.0 Å². The molecule has 2 aliphatic heterocycles. The number of hydrogen-bond acceptors (Lipinski definition) is 9. The number of rotatable bonds is 9. The van der Waals surface area contributed by atoms with Gasteiger partial charge in [-0.2, -0.15) is 0 Å². The van der Waals surface area contributed by atoms with Gasteiger partial charge in [-0.3, -0.25) is 4.55 Å². The smallest absolute Gasteiger partial charge is 0.231 e. The predicted octanol–water partition coefficient (Wildman–Crippen LogP) is 3.88. The number of halogens is 2. The number of anilines is 3. The Hall–Kier alpha value is -3.82. The second kappa shape index (κ2) is 13.4. The summed E-state index contributed by atoms with van der Waals surface area (Å²) < 4.78 is 64.6. The largest absolute Gasteiger partial charge is 0.384 e. The van der Waals surface area contributed by atoms with Crippen LogP contribution >= 0.6 is 0 Å². The average Bonchev–Trinajstić information content (AvgIpc) is 3.05. The molecule has 0 amide bonds. The van der Waals surface area contributed by atoms with Gasteiger partial charge in [0.1, 0.15) is 23.6 Å².